The average molecular weight is 457 g/mol. The normalized spacial score (nSPS) is 25.2. The molecule has 2 atom stereocenters. The fraction of sp³-hybridized carbons (Fsp3) is 0.292. The van der Waals surface area contributed by atoms with Crippen LogP contribution >= 0.6 is 0 Å². The number of hydrogen-bond acceptors (Lipinski definition) is 4. The number of carbonyl (C=O) groups excluding carboxylic acids is 1. The molecule has 9 heteroatoms. The Hall–Kier alpha value is -3.46. The van der Waals surface area contributed by atoms with Crippen molar-refractivity contribution in [1.29, 1.82) is 0 Å². The van der Waals surface area contributed by atoms with Crippen molar-refractivity contribution in [2.24, 2.45) is 0 Å². The van der Waals surface area contributed by atoms with E-state index in [0.29, 0.717) is 24.7 Å². The van der Waals surface area contributed by atoms with Crippen LogP contribution in [0.3, 0.4) is 0 Å². The summed E-state index contributed by atoms with van der Waals surface area (Å²) in [5, 5.41) is 2.95. The second-order valence-electron chi connectivity index (χ2n) is 8.90. The van der Waals surface area contributed by atoms with Gasteiger partial charge in [0.2, 0.25) is 11.7 Å². The summed E-state index contributed by atoms with van der Waals surface area (Å²) in [5.74, 6) is 0.223. The summed E-state index contributed by atoms with van der Waals surface area (Å²) >= 11 is 0. The van der Waals surface area contributed by atoms with E-state index in [0.717, 1.165) is 28.6 Å². The third-order valence-corrected chi connectivity index (χ3v) is 6.86. The lowest BCUT2D eigenvalue weighted by atomic mass is 9.77. The number of quaternary nitrogens is 1. The van der Waals surface area contributed by atoms with Gasteiger partial charge in [-0.15, -0.1) is 0 Å². The molecular formula is C24H20F3N2O4+. The zero-order chi connectivity index (χ0) is 23.0. The highest BCUT2D eigenvalue weighted by atomic mass is 19.4. The van der Waals surface area contributed by atoms with Crippen molar-refractivity contribution in [3.8, 4) is 11.5 Å². The molecule has 0 bridgehead atoms. The van der Waals surface area contributed by atoms with E-state index in [2.05, 4.69) is 5.32 Å². The van der Waals surface area contributed by atoms with E-state index >= 15 is 0 Å². The Morgan fingerprint density at radius 2 is 1.88 bits per heavy atom. The molecule has 1 N–H and O–H groups in total. The first-order chi connectivity index (χ1) is 15.7. The lowest BCUT2D eigenvalue weighted by Crippen LogP contribution is -2.50. The number of ether oxygens (including phenoxy) is 2. The Kier molecular flexibility index (Phi) is 4.00. The summed E-state index contributed by atoms with van der Waals surface area (Å²) in [6, 6.07) is 13.5. The number of furan rings is 1. The second kappa shape index (κ2) is 6.54. The van der Waals surface area contributed by atoms with Crippen molar-refractivity contribution in [1.82, 2.24) is 4.48 Å². The van der Waals surface area contributed by atoms with Gasteiger partial charge in [0.15, 0.2) is 17.2 Å². The number of alkyl halides is 3. The van der Waals surface area contributed by atoms with Crippen LogP contribution in [-0.2, 0) is 22.9 Å². The number of anilines is 1. The topological polar surface area (TPSA) is 60.7 Å². The number of likely N-dealkylation sites (N-methyl/N-ethyl adjacent to an activating group) is 1. The summed E-state index contributed by atoms with van der Waals surface area (Å²) in [6.45, 7) is 1.31. The van der Waals surface area contributed by atoms with Gasteiger partial charge in [-0.05, 0) is 23.8 Å². The van der Waals surface area contributed by atoms with E-state index in [9.17, 15) is 18.0 Å². The molecular weight excluding hydrogens is 437 g/mol. The van der Waals surface area contributed by atoms with Crippen LogP contribution in [0.5, 0.6) is 11.5 Å². The first kappa shape index (κ1) is 20.2. The Morgan fingerprint density at radius 1 is 1.06 bits per heavy atom. The van der Waals surface area contributed by atoms with Gasteiger partial charge in [0.1, 0.15) is 37.5 Å². The molecule has 0 aliphatic carbocycles. The molecule has 33 heavy (non-hydrogen) atoms. The largest absolute Gasteiger partial charge is 0.491 e. The molecule has 4 heterocycles. The molecule has 6 nitrogen and oxygen atoms in total. The van der Waals surface area contributed by atoms with Crippen molar-refractivity contribution in [2.75, 3.05) is 32.1 Å². The molecule has 3 aliphatic rings. The van der Waals surface area contributed by atoms with E-state index < -0.39 is 17.4 Å². The number of halogens is 3. The minimum absolute atomic E-state index is 0.158. The maximum Gasteiger partial charge on any atom is 0.449 e. The molecule has 3 aromatic rings. The van der Waals surface area contributed by atoms with Crippen molar-refractivity contribution in [3.05, 3.63) is 71.2 Å². The van der Waals surface area contributed by atoms with E-state index in [4.69, 9.17) is 13.9 Å². The van der Waals surface area contributed by atoms with Crippen LogP contribution < -0.4 is 19.3 Å². The summed E-state index contributed by atoms with van der Waals surface area (Å²) in [7, 11) is 1.93. The van der Waals surface area contributed by atoms with Gasteiger partial charge in [0, 0.05) is 23.4 Å². The van der Waals surface area contributed by atoms with E-state index in [1.54, 1.807) is 6.07 Å². The predicted molar refractivity (Wildman–Crippen MR) is 113 cm³/mol. The Bertz CT molecular complexity index is 1300. The van der Waals surface area contributed by atoms with E-state index in [1.165, 1.54) is 6.07 Å². The number of rotatable bonds is 2. The van der Waals surface area contributed by atoms with Crippen molar-refractivity contribution < 1.29 is 31.9 Å². The van der Waals surface area contributed by atoms with Gasteiger partial charge < -0.3 is 19.2 Å². The van der Waals surface area contributed by atoms with Crippen molar-refractivity contribution >= 4 is 17.3 Å². The third kappa shape index (κ3) is 2.81. The molecule has 0 saturated heterocycles. The number of hydrogen-bond donors (Lipinski definition) is 1. The van der Waals surface area contributed by atoms with Crippen LogP contribution in [0.4, 0.5) is 24.5 Å². The maximum atomic E-state index is 13.2. The molecule has 2 aromatic carbocycles. The first-order valence-electron chi connectivity index (χ1n) is 10.6. The van der Waals surface area contributed by atoms with Gasteiger partial charge in [-0.25, -0.2) is 0 Å². The molecule has 2 unspecified atom stereocenters. The monoisotopic (exact) mass is 457 g/mol. The molecule has 1 spiro atoms. The zero-order valence-electron chi connectivity index (χ0n) is 17.7. The third-order valence-electron chi connectivity index (χ3n) is 6.86. The maximum absolute atomic E-state index is 13.2. The zero-order valence-corrected chi connectivity index (χ0v) is 17.7. The fourth-order valence-electron chi connectivity index (χ4n) is 5.13. The molecule has 1 aromatic heterocycles. The van der Waals surface area contributed by atoms with Crippen LogP contribution in [0.15, 0.2) is 52.9 Å². The van der Waals surface area contributed by atoms with E-state index in [1.807, 2.05) is 37.4 Å². The first-order valence-corrected chi connectivity index (χ1v) is 10.6. The summed E-state index contributed by atoms with van der Waals surface area (Å²) in [5.41, 5.74) is 2.12. The molecule has 1 amide bonds. The average Bonchev–Trinajstić information content (AvgIpc) is 3.45. The fourth-order valence-corrected chi connectivity index (χ4v) is 5.13. The predicted octanol–water partition coefficient (Wildman–Crippen LogP) is 4.46. The summed E-state index contributed by atoms with van der Waals surface area (Å²) < 4.78 is 56.3. The number of carbonyl (C=O) groups is 1. The van der Waals surface area contributed by atoms with Gasteiger partial charge >= 0.3 is 6.18 Å². The summed E-state index contributed by atoms with van der Waals surface area (Å²) in [6.07, 6.45) is -4.53. The number of para-hydroxylation sites is 1. The second-order valence-corrected chi connectivity index (χ2v) is 8.90. The van der Waals surface area contributed by atoms with Crippen LogP contribution in [0.25, 0.3) is 0 Å². The number of benzene rings is 2. The van der Waals surface area contributed by atoms with Gasteiger partial charge in [-0.3, -0.25) is 9.28 Å². The smallest absolute Gasteiger partial charge is 0.449 e. The molecule has 6 rings (SSSR count). The van der Waals surface area contributed by atoms with Gasteiger partial charge in [0.05, 0.1) is 7.05 Å². The highest BCUT2D eigenvalue weighted by molar-refractivity contribution is 6.10. The highest BCUT2D eigenvalue weighted by Crippen LogP contribution is 2.54. The van der Waals surface area contributed by atoms with Crippen LogP contribution in [0, 0.1) is 0 Å². The van der Waals surface area contributed by atoms with Crippen LogP contribution in [-0.4, -0.2) is 32.7 Å². The Labute approximate surface area is 187 Å². The Morgan fingerprint density at radius 3 is 2.67 bits per heavy atom. The number of amides is 1. The van der Waals surface area contributed by atoms with Crippen molar-refractivity contribution in [2.45, 2.75) is 18.1 Å². The standard InChI is InChI=1S/C24H19F3N2O4/c1-29(12-14-6-7-21(33-14)24(25,26)27)8-9-31-20-11-19-16(10-18(20)29)23(13-32-19)15-4-2-3-5-17(15)28-22(23)30/h2-7,10-11H,8-9,12-13H2,1H3/p+1. The summed E-state index contributed by atoms with van der Waals surface area (Å²) in [4.78, 5) is 13.2. The van der Waals surface area contributed by atoms with Gasteiger partial charge in [-0.2, -0.15) is 13.2 Å². The van der Waals surface area contributed by atoms with Crippen molar-refractivity contribution in [3.63, 3.8) is 0 Å². The quantitative estimate of drug-likeness (QED) is 0.578. The lowest BCUT2D eigenvalue weighted by Gasteiger charge is -2.38. The lowest BCUT2D eigenvalue weighted by molar-refractivity contribution is -0.153. The SMILES string of the molecule is C[N+]1(Cc2ccc(C(F)(F)F)o2)CCOc2cc3c(cc21)C1(CO3)C(=O)Nc2ccccc21. The molecule has 170 valence electrons. The minimum atomic E-state index is -4.53. The van der Waals surface area contributed by atoms with Gasteiger partial charge in [0.25, 0.3) is 0 Å². The van der Waals surface area contributed by atoms with E-state index in [-0.39, 0.29) is 29.3 Å². The number of nitrogens with one attached hydrogen (secondary N) is 1. The number of nitrogens with zero attached hydrogens (tertiary/aromatic N) is 1. The molecule has 0 fully saturated rings. The highest BCUT2D eigenvalue weighted by Gasteiger charge is 2.55. The molecule has 0 saturated carbocycles. The van der Waals surface area contributed by atoms with Gasteiger partial charge in [-0.1, -0.05) is 18.2 Å². The Balaban J connectivity index is 1.45. The van der Waals surface area contributed by atoms with Crippen LogP contribution in [0.2, 0.25) is 0 Å². The number of fused-ring (bicyclic) bond motifs is 5. The van der Waals surface area contributed by atoms with Crippen LogP contribution in [0.1, 0.15) is 22.6 Å². The minimum Gasteiger partial charge on any atom is -0.491 e. The molecule has 3 aliphatic heterocycles. The molecule has 0 radical (unpaired) electrons.